The van der Waals surface area contributed by atoms with Crippen molar-refractivity contribution in [3.05, 3.63) is 88.8 Å². The second kappa shape index (κ2) is 13.4. The van der Waals surface area contributed by atoms with E-state index in [4.69, 9.17) is 5.84 Å². The number of benzene rings is 1. The minimum Gasteiger partial charge on any atom is -0.325 e. The van der Waals surface area contributed by atoms with Crippen molar-refractivity contribution in [3.63, 3.8) is 0 Å². The first-order valence-corrected chi connectivity index (χ1v) is 11.7. The average molecular weight is 462 g/mol. The summed E-state index contributed by atoms with van der Waals surface area (Å²) in [5.74, 6) is 5.79. The van der Waals surface area contributed by atoms with Crippen molar-refractivity contribution in [2.45, 2.75) is 13.3 Å². The summed E-state index contributed by atoms with van der Waals surface area (Å²) in [6, 6.07) is 7.88. The van der Waals surface area contributed by atoms with Gasteiger partial charge in [0.25, 0.3) is 0 Å². The summed E-state index contributed by atoms with van der Waals surface area (Å²) in [5, 5.41) is 10.2. The van der Waals surface area contributed by atoms with Crippen molar-refractivity contribution >= 4 is 36.3 Å². The third kappa shape index (κ3) is 8.34. The van der Waals surface area contributed by atoms with Crippen LogP contribution in [-0.4, -0.2) is 46.7 Å². The van der Waals surface area contributed by atoms with Crippen LogP contribution in [-0.2, 0) is 0 Å². The molecule has 1 fully saturated rings. The van der Waals surface area contributed by atoms with Gasteiger partial charge in [0, 0.05) is 53.8 Å². The zero-order chi connectivity index (χ0) is 23.3. The normalized spacial score (nSPS) is 16.0. The zero-order valence-electron chi connectivity index (χ0n) is 18.9. The van der Waals surface area contributed by atoms with Crippen LogP contribution in [0, 0.1) is 0 Å². The molecule has 7 nitrogen and oxygen atoms in total. The number of hydrogen-bond acceptors (Lipinski definition) is 8. The molecule has 1 aromatic heterocycles. The van der Waals surface area contributed by atoms with Crippen LogP contribution in [0.15, 0.2) is 77.2 Å². The number of hydrogen-bond donors (Lipinski definition) is 3. The first kappa shape index (κ1) is 24.4. The first-order valence-electron chi connectivity index (χ1n) is 10.9. The van der Waals surface area contributed by atoms with Crippen LogP contribution >= 0.6 is 11.9 Å². The Kier molecular flexibility index (Phi) is 9.90. The fraction of sp³-hybridized carbons (Fsp3) is 0.240. The summed E-state index contributed by atoms with van der Waals surface area (Å²) in [4.78, 5) is 9.96. The first-order chi connectivity index (χ1) is 16.2. The van der Waals surface area contributed by atoms with Gasteiger partial charge in [-0.15, -0.1) is 0 Å². The van der Waals surface area contributed by atoms with Gasteiger partial charge in [0.2, 0.25) is 5.95 Å². The number of allylic oxidation sites excluding steroid dienone is 3. The summed E-state index contributed by atoms with van der Waals surface area (Å²) in [6.07, 6.45) is 16.4. The molecule has 0 aliphatic carbocycles. The van der Waals surface area contributed by atoms with Gasteiger partial charge in [-0.2, -0.15) is 5.10 Å². The second-order valence-corrected chi connectivity index (χ2v) is 8.55. The quantitative estimate of drug-likeness (QED) is 0.169. The van der Waals surface area contributed by atoms with Crippen LogP contribution < -0.4 is 16.5 Å². The van der Waals surface area contributed by atoms with Gasteiger partial charge in [-0.25, -0.2) is 14.3 Å². The minimum atomic E-state index is 0.505. The lowest BCUT2D eigenvalue weighted by Crippen LogP contribution is -2.22. The molecule has 0 amide bonds. The van der Waals surface area contributed by atoms with Crippen LogP contribution in [0.25, 0.3) is 12.2 Å². The number of rotatable bonds is 9. The molecule has 33 heavy (non-hydrogen) atoms. The molecule has 0 spiro atoms. The predicted molar refractivity (Wildman–Crippen MR) is 141 cm³/mol. The highest BCUT2D eigenvalue weighted by Crippen LogP contribution is 2.23. The van der Waals surface area contributed by atoms with Crippen molar-refractivity contribution in [1.29, 1.82) is 0 Å². The van der Waals surface area contributed by atoms with E-state index in [-0.39, 0.29) is 0 Å². The Bertz CT molecular complexity index is 1020. The van der Waals surface area contributed by atoms with Crippen molar-refractivity contribution in [3.8, 4) is 0 Å². The second-order valence-electron chi connectivity index (χ2n) is 7.38. The van der Waals surface area contributed by atoms with Crippen LogP contribution in [0.2, 0.25) is 0 Å². The molecule has 2 heterocycles. The molecule has 3 rings (SSSR count). The molecule has 1 aromatic carbocycles. The van der Waals surface area contributed by atoms with E-state index in [1.54, 1.807) is 30.6 Å². The van der Waals surface area contributed by atoms with E-state index in [0.717, 1.165) is 48.6 Å². The molecule has 172 valence electrons. The van der Waals surface area contributed by atoms with Crippen LogP contribution in [0.4, 0.5) is 5.95 Å². The largest absolute Gasteiger partial charge is 0.325 e. The Balaban J connectivity index is 1.54. The number of aromatic nitrogens is 2. The third-order valence-electron chi connectivity index (χ3n) is 4.88. The van der Waals surface area contributed by atoms with Gasteiger partial charge in [-0.05, 0) is 49.6 Å². The lowest BCUT2D eigenvalue weighted by molar-refractivity contribution is 0.504. The minimum absolute atomic E-state index is 0.505. The highest BCUT2D eigenvalue weighted by molar-refractivity contribution is 8.01. The smallest absolute Gasteiger partial charge is 0.227 e. The van der Waals surface area contributed by atoms with Crippen molar-refractivity contribution in [1.82, 2.24) is 19.6 Å². The van der Waals surface area contributed by atoms with Gasteiger partial charge in [0.05, 0.1) is 6.21 Å². The van der Waals surface area contributed by atoms with E-state index >= 15 is 0 Å². The highest BCUT2D eigenvalue weighted by Gasteiger charge is 2.10. The average Bonchev–Trinajstić information content (AvgIpc) is 3.11. The van der Waals surface area contributed by atoms with Gasteiger partial charge in [0.1, 0.15) is 0 Å². The SMILES string of the molecule is C=C(/C=C\C(=C/C)SN1CCCNCC1)Nc1ncc(/C=C/c2ccccc2/C=N\N)cn1. The number of nitrogens with zero attached hydrogens (tertiary/aromatic N) is 4. The Labute approximate surface area is 200 Å². The maximum Gasteiger partial charge on any atom is 0.227 e. The molecule has 8 heteroatoms. The highest BCUT2D eigenvalue weighted by atomic mass is 32.2. The topological polar surface area (TPSA) is 91.5 Å². The van der Waals surface area contributed by atoms with E-state index < -0.39 is 0 Å². The Morgan fingerprint density at radius 1 is 1.15 bits per heavy atom. The Morgan fingerprint density at radius 3 is 2.70 bits per heavy atom. The van der Waals surface area contributed by atoms with Gasteiger partial charge < -0.3 is 16.5 Å². The van der Waals surface area contributed by atoms with Crippen LogP contribution in [0.3, 0.4) is 0 Å². The molecular weight excluding hydrogens is 430 g/mol. The molecular formula is C25H31N7S. The molecule has 0 bridgehead atoms. The molecule has 0 saturated carbocycles. The summed E-state index contributed by atoms with van der Waals surface area (Å²) >= 11 is 1.78. The molecule has 0 unspecified atom stereocenters. The van der Waals surface area contributed by atoms with Crippen LogP contribution in [0.1, 0.15) is 30.0 Å². The summed E-state index contributed by atoms with van der Waals surface area (Å²) in [7, 11) is 0. The molecule has 2 aromatic rings. The Hall–Kier alpha value is -3.20. The van der Waals surface area contributed by atoms with Gasteiger partial charge >= 0.3 is 0 Å². The zero-order valence-corrected chi connectivity index (χ0v) is 19.8. The van der Waals surface area contributed by atoms with E-state index in [0.29, 0.717) is 5.95 Å². The lowest BCUT2D eigenvalue weighted by atomic mass is 10.1. The van der Waals surface area contributed by atoms with E-state index in [1.165, 1.54) is 11.3 Å². The Morgan fingerprint density at radius 2 is 1.94 bits per heavy atom. The fourth-order valence-electron chi connectivity index (χ4n) is 3.14. The van der Waals surface area contributed by atoms with Crippen molar-refractivity contribution < 1.29 is 0 Å². The fourth-order valence-corrected chi connectivity index (χ4v) is 4.08. The molecule has 0 radical (unpaired) electrons. The number of nitrogens with one attached hydrogen (secondary N) is 2. The summed E-state index contributed by atoms with van der Waals surface area (Å²) < 4.78 is 2.40. The number of anilines is 1. The maximum absolute atomic E-state index is 5.28. The van der Waals surface area contributed by atoms with E-state index in [9.17, 15) is 0 Å². The number of hydrazone groups is 1. The van der Waals surface area contributed by atoms with Crippen molar-refractivity contribution in [2.75, 3.05) is 31.5 Å². The maximum atomic E-state index is 5.28. The monoisotopic (exact) mass is 461 g/mol. The molecule has 1 saturated heterocycles. The molecule has 1 aliphatic heterocycles. The van der Waals surface area contributed by atoms with E-state index in [1.807, 2.05) is 42.5 Å². The van der Waals surface area contributed by atoms with Gasteiger partial charge in [0.15, 0.2) is 0 Å². The van der Waals surface area contributed by atoms with Gasteiger partial charge in [-0.3, -0.25) is 0 Å². The standard InChI is InChI=1S/C25H31N7S/c1-3-24(33-32-15-6-13-27-14-16-32)12-9-20(2)31-25-28-17-21(18-29-25)10-11-22-7-4-5-8-23(22)19-30-26/h3-5,7-12,17-19,27H,2,6,13-16,26H2,1H3,(H,28,29,31)/b11-10+,12-9-,24-3+,30-19-. The van der Waals surface area contributed by atoms with Crippen LogP contribution in [0.5, 0.6) is 0 Å². The lowest BCUT2D eigenvalue weighted by Gasteiger charge is -2.18. The number of nitrogens with two attached hydrogens (primary N) is 1. The molecule has 4 N–H and O–H groups in total. The van der Waals surface area contributed by atoms with Crippen molar-refractivity contribution in [2.24, 2.45) is 10.9 Å². The third-order valence-corrected chi connectivity index (χ3v) is 6.08. The molecule has 0 atom stereocenters. The summed E-state index contributed by atoms with van der Waals surface area (Å²) in [6.45, 7) is 10.4. The predicted octanol–water partition coefficient (Wildman–Crippen LogP) is 4.27. The van der Waals surface area contributed by atoms with E-state index in [2.05, 4.69) is 55.7 Å². The van der Waals surface area contributed by atoms with Gasteiger partial charge in [-0.1, -0.05) is 49.1 Å². The molecule has 1 aliphatic rings. The summed E-state index contributed by atoms with van der Waals surface area (Å²) in [5.41, 5.74) is 3.58.